The van der Waals surface area contributed by atoms with E-state index in [0.717, 1.165) is 10.6 Å². The van der Waals surface area contributed by atoms with Crippen molar-refractivity contribution in [1.29, 1.82) is 5.26 Å². The molecular formula is C19H20N2O2S. The summed E-state index contributed by atoms with van der Waals surface area (Å²) < 4.78 is 5.22. The minimum atomic E-state index is -0.427. The lowest BCUT2D eigenvalue weighted by molar-refractivity contribution is -0.138. The van der Waals surface area contributed by atoms with Gasteiger partial charge in [0.25, 0.3) is 0 Å². The first-order valence-corrected chi connectivity index (χ1v) is 8.70. The van der Waals surface area contributed by atoms with Crippen molar-refractivity contribution in [2.24, 2.45) is 0 Å². The Bertz CT molecular complexity index is 729. The van der Waals surface area contributed by atoms with Gasteiger partial charge < -0.3 is 10.1 Å². The van der Waals surface area contributed by atoms with Crippen molar-refractivity contribution in [2.45, 2.75) is 19.8 Å². The van der Waals surface area contributed by atoms with Crippen LogP contribution in [0.3, 0.4) is 0 Å². The molecule has 1 N–H and O–H groups in total. The zero-order valence-electron chi connectivity index (χ0n) is 13.8. The molecule has 5 heteroatoms. The molecule has 4 nitrogen and oxygen atoms in total. The van der Waals surface area contributed by atoms with Crippen LogP contribution in [0.2, 0.25) is 0 Å². The molecule has 1 aliphatic heterocycles. The van der Waals surface area contributed by atoms with Gasteiger partial charge in [-0.3, -0.25) is 0 Å². The summed E-state index contributed by atoms with van der Waals surface area (Å²) in [5, 5.41) is 13.7. The van der Waals surface area contributed by atoms with E-state index in [4.69, 9.17) is 4.74 Å². The fourth-order valence-corrected chi connectivity index (χ4v) is 3.46. The number of dihydropyridines is 1. The molecule has 2 rings (SSSR count). The number of nitrogens with zero attached hydrogens (tertiary/aromatic N) is 1. The van der Waals surface area contributed by atoms with Gasteiger partial charge in [-0.15, -0.1) is 18.3 Å². The molecule has 24 heavy (non-hydrogen) atoms. The van der Waals surface area contributed by atoms with E-state index in [1.165, 1.54) is 11.8 Å². The molecule has 1 unspecified atom stereocenters. The van der Waals surface area contributed by atoms with Gasteiger partial charge in [-0.25, -0.2) is 4.79 Å². The zero-order valence-corrected chi connectivity index (χ0v) is 14.7. The van der Waals surface area contributed by atoms with E-state index in [0.29, 0.717) is 29.2 Å². The summed E-state index contributed by atoms with van der Waals surface area (Å²) in [4.78, 5) is 12.5. The summed E-state index contributed by atoms with van der Waals surface area (Å²) in [5.74, 6) is -0.141. The van der Waals surface area contributed by atoms with Gasteiger partial charge in [0.1, 0.15) is 0 Å². The highest BCUT2D eigenvalue weighted by Gasteiger charge is 2.35. The minimum Gasteiger partial charge on any atom is -0.463 e. The molecule has 0 saturated carbocycles. The van der Waals surface area contributed by atoms with Crippen LogP contribution in [0.5, 0.6) is 0 Å². The Morgan fingerprint density at radius 3 is 2.75 bits per heavy atom. The second-order valence-corrected chi connectivity index (χ2v) is 6.21. The average Bonchev–Trinajstić information content (AvgIpc) is 2.60. The number of allylic oxidation sites excluding steroid dienone is 2. The summed E-state index contributed by atoms with van der Waals surface area (Å²) in [7, 11) is 0. The normalized spacial score (nSPS) is 17.1. The van der Waals surface area contributed by atoms with Gasteiger partial charge in [-0.2, -0.15) is 5.26 Å². The highest BCUT2D eigenvalue weighted by molar-refractivity contribution is 8.03. The second kappa shape index (κ2) is 8.42. The van der Waals surface area contributed by atoms with Crippen molar-refractivity contribution in [2.75, 3.05) is 12.4 Å². The lowest BCUT2D eigenvalue weighted by Gasteiger charge is -2.29. The maximum Gasteiger partial charge on any atom is 0.336 e. The van der Waals surface area contributed by atoms with Crippen molar-refractivity contribution in [3.8, 4) is 6.07 Å². The Labute approximate surface area is 146 Å². The Hall–Kier alpha value is -2.45. The first kappa shape index (κ1) is 17.9. The molecule has 0 spiro atoms. The number of carbonyl (C=O) groups is 1. The number of carbonyl (C=O) groups excluding carboxylic acids is 1. The minimum absolute atomic E-state index is 0.292. The molecule has 1 atom stereocenters. The van der Waals surface area contributed by atoms with E-state index in [2.05, 4.69) is 18.0 Å². The van der Waals surface area contributed by atoms with Crippen LogP contribution in [-0.4, -0.2) is 18.3 Å². The number of rotatable bonds is 6. The van der Waals surface area contributed by atoms with Crippen molar-refractivity contribution in [1.82, 2.24) is 5.32 Å². The van der Waals surface area contributed by atoms with Crippen LogP contribution in [0.1, 0.15) is 25.3 Å². The molecule has 0 fully saturated rings. The number of esters is 1. The molecule has 0 amide bonds. The molecular weight excluding hydrogens is 320 g/mol. The SMILES string of the molecule is C=CCSC1=C(C#N)C(c2ccccc2)C(C(=O)OCC)=C(C)N1. The summed E-state index contributed by atoms with van der Waals surface area (Å²) in [6.45, 7) is 7.62. The molecule has 1 aliphatic rings. The van der Waals surface area contributed by atoms with Crippen LogP contribution in [0.15, 0.2) is 64.9 Å². The fraction of sp³-hybridized carbons (Fsp3) is 0.263. The molecule has 1 aromatic rings. The van der Waals surface area contributed by atoms with Crippen molar-refractivity contribution < 1.29 is 9.53 Å². The predicted octanol–water partition coefficient (Wildman–Crippen LogP) is 3.86. The molecule has 0 aromatic heterocycles. The quantitative estimate of drug-likeness (QED) is 0.629. The van der Waals surface area contributed by atoms with Crippen LogP contribution < -0.4 is 5.32 Å². The number of nitriles is 1. The molecule has 0 aliphatic carbocycles. The van der Waals surface area contributed by atoms with Crippen LogP contribution in [0, 0.1) is 11.3 Å². The average molecular weight is 340 g/mol. The van der Waals surface area contributed by atoms with E-state index in [1.54, 1.807) is 13.0 Å². The molecule has 1 heterocycles. The standard InChI is InChI=1S/C19H20N2O2S/c1-4-11-24-18-15(12-20)17(14-9-7-6-8-10-14)16(13(3)21-18)19(22)23-5-2/h4,6-10,17,21H,1,5,11H2,2-3H3. The van der Waals surface area contributed by atoms with Crippen LogP contribution in [0.25, 0.3) is 0 Å². The lowest BCUT2D eigenvalue weighted by atomic mass is 9.82. The van der Waals surface area contributed by atoms with Gasteiger partial charge in [-0.05, 0) is 19.4 Å². The van der Waals surface area contributed by atoms with Gasteiger partial charge in [0.05, 0.1) is 34.8 Å². The molecule has 0 saturated heterocycles. The number of nitrogens with one attached hydrogen (secondary N) is 1. The number of benzene rings is 1. The Morgan fingerprint density at radius 1 is 1.46 bits per heavy atom. The van der Waals surface area contributed by atoms with Gasteiger partial charge in [0.15, 0.2) is 0 Å². The molecule has 0 bridgehead atoms. The summed E-state index contributed by atoms with van der Waals surface area (Å²) in [6, 6.07) is 11.9. The number of hydrogen-bond donors (Lipinski definition) is 1. The van der Waals surface area contributed by atoms with Gasteiger partial charge in [0.2, 0.25) is 0 Å². The fourth-order valence-electron chi connectivity index (χ4n) is 2.63. The van der Waals surface area contributed by atoms with Crippen molar-refractivity contribution >= 4 is 17.7 Å². The monoisotopic (exact) mass is 340 g/mol. The Balaban J connectivity index is 2.57. The van der Waals surface area contributed by atoms with E-state index in [9.17, 15) is 10.1 Å². The van der Waals surface area contributed by atoms with Gasteiger partial charge >= 0.3 is 5.97 Å². The smallest absolute Gasteiger partial charge is 0.336 e. The van der Waals surface area contributed by atoms with Crippen molar-refractivity contribution in [3.05, 3.63) is 70.4 Å². The maximum absolute atomic E-state index is 12.5. The summed E-state index contributed by atoms with van der Waals surface area (Å²) in [5.41, 5.74) is 2.63. The summed E-state index contributed by atoms with van der Waals surface area (Å²) in [6.07, 6.45) is 1.78. The first-order valence-electron chi connectivity index (χ1n) is 7.71. The van der Waals surface area contributed by atoms with E-state index in [1.807, 2.05) is 37.3 Å². The van der Waals surface area contributed by atoms with Crippen LogP contribution in [-0.2, 0) is 9.53 Å². The lowest BCUT2D eigenvalue weighted by Crippen LogP contribution is -2.28. The Morgan fingerprint density at radius 2 is 2.17 bits per heavy atom. The third-order valence-electron chi connectivity index (χ3n) is 3.62. The highest BCUT2D eigenvalue weighted by atomic mass is 32.2. The van der Waals surface area contributed by atoms with Crippen LogP contribution in [0.4, 0.5) is 0 Å². The Kier molecular flexibility index (Phi) is 6.28. The van der Waals surface area contributed by atoms with E-state index in [-0.39, 0.29) is 0 Å². The predicted molar refractivity (Wildman–Crippen MR) is 96.9 cm³/mol. The van der Waals surface area contributed by atoms with E-state index < -0.39 is 11.9 Å². The van der Waals surface area contributed by atoms with Crippen LogP contribution >= 0.6 is 11.8 Å². The highest BCUT2D eigenvalue weighted by Crippen LogP contribution is 2.40. The van der Waals surface area contributed by atoms with E-state index >= 15 is 0 Å². The maximum atomic E-state index is 12.5. The molecule has 0 radical (unpaired) electrons. The second-order valence-electron chi connectivity index (χ2n) is 5.18. The number of ether oxygens (including phenoxy) is 1. The zero-order chi connectivity index (χ0) is 17.5. The van der Waals surface area contributed by atoms with Crippen molar-refractivity contribution in [3.63, 3.8) is 0 Å². The number of thioether (sulfide) groups is 1. The largest absolute Gasteiger partial charge is 0.463 e. The van der Waals surface area contributed by atoms with Gasteiger partial charge in [0, 0.05) is 11.4 Å². The van der Waals surface area contributed by atoms with Gasteiger partial charge in [-0.1, -0.05) is 36.4 Å². The first-order chi connectivity index (χ1) is 11.6. The number of hydrogen-bond acceptors (Lipinski definition) is 5. The summed E-state index contributed by atoms with van der Waals surface area (Å²) >= 11 is 1.50. The third kappa shape index (κ3) is 3.72. The topological polar surface area (TPSA) is 62.1 Å². The molecule has 1 aromatic carbocycles. The third-order valence-corrected chi connectivity index (χ3v) is 4.63. The molecule has 124 valence electrons.